The van der Waals surface area contributed by atoms with Crippen molar-refractivity contribution in [3.8, 4) is 0 Å². The maximum absolute atomic E-state index is 13.4. The van der Waals surface area contributed by atoms with Gasteiger partial charge in [0.1, 0.15) is 5.82 Å². The number of hydrogen-bond donors (Lipinski definition) is 3. The third-order valence-corrected chi connectivity index (χ3v) is 3.73. The largest absolute Gasteiger partial charge is 0.481 e. The number of anilines is 2. The molecule has 0 spiro atoms. The standard InChI is InChI=1S/C18H15FN2O3/c19-12-4-7-16-14(9-12)15(18(24)21-16)10-20-13-5-1-11(2-6-13)3-8-17(22)23/h1-2,4-7,9-10,20H,3,8H2,(H,21,24)(H,22,23). The molecule has 0 saturated carbocycles. The number of carboxylic acid groups (broad SMARTS) is 1. The summed E-state index contributed by atoms with van der Waals surface area (Å²) >= 11 is 0. The van der Waals surface area contributed by atoms with Crippen molar-refractivity contribution < 1.29 is 19.1 Å². The topological polar surface area (TPSA) is 78.4 Å². The molecule has 0 fully saturated rings. The van der Waals surface area contributed by atoms with Crippen LogP contribution in [0.2, 0.25) is 0 Å². The lowest BCUT2D eigenvalue weighted by atomic mass is 10.1. The van der Waals surface area contributed by atoms with Gasteiger partial charge in [0.15, 0.2) is 0 Å². The Balaban J connectivity index is 1.73. The third kappa shape index (κ3) is 3.43. The number of aliphatic carboxylic acids is 1. The second-order valence-corrected chi connectivity index (χ2v) is 5.44. The molecule has 3 N–H and O–H groups in total. The predicted molar refractivity (Wildman–Crippen MR) is 89.0 cm³/mol. The first kappa shape index (κ1) is 15.7. The Bertz CT molecular complexity index is 829. The number of hydrogen-bond acceptors (Lipinski definition) is 3. The van der Waals surface area contributed by atoms with E-state index in [0.29, 0.717) is 23.2 Å². The smallest absolute Gasteiger partial charge is 0.303 e. The Morgan fingerprint density at radius 1 is 1.21 bits per heavy atom. The minimum Gasteiger partial charge on any atom is -0.481 e. The van der Waals surface area contributed by atoms with Gasteiger partial charge in [-0.1, -0.05) is 12.1 Å². The zero-order chi connectivity index (χ0) is 17.1. The van der Waals surface area contributed by atoms with Crippen LogP contribution in [-0.4, -0.2) is 17.0 Å². The van der Waals surface area contributed by atoms with Gasteiger partial charge in [0.25, 0.3) is 5.91 Å². The lowest BCUT2D eigenvalue weighted by Gasteiger charge is -2.04. The average Bonchev–Trinajstić information content (AvgIpc) is 2.86. The quantitative estimate of drug-likeness (QED) is 0.737. The van der Waals surface area contributed by atoms with E-state index in [2.05, 4.69) is 10.6 Å². The van der Waals surface area contributed by atoms with Gasteiger partial charge in [-0.15, -0.1) is 0 Å². The lowest BCUT2D eigenvalue weighted by Crippen LogP contribution is -2.05. The van der Waals surface area contributed by atoms with E-state index in [0.717, 1.165) is 11.3 Å². The van der Waals surface area contributed by atoms with Crippen LogP contribution in [-0.2, 0) is 16.0 Å². The molecule has 5 nitrogen and oxygen atoms in total. The first-order valence-electron chi connectivity index (χ1n) is 7.41. The highest BCUT2D eigenvalue weighted by atomic mass is 19.1. The summed E-state index contributed by atoms with van der Waals surface area (Å²) in [7, 11) is 0. The maximum atomic E-state index is 13.4. The van der Waals surface area contributed by atoms with Crippen molar-refractivity contribution in [3.05, 3.63) is 65.6 Å². The molecule has 1 heterocycles. The summed E-state index contributed by atoms with van der Waals surface area (Å²) in [6.07, 6.45) is 2.08. The van der Waals surface area contributed by atoms with Crippen molar-refractivity contribution >= 4 is 28.8 Å². The molecule has 6 heteroatoms. The monoisotopic (exact) mass is 326 g/mol. The van der Waals surface area contributed by atoms with E-state index in [1.165, 1.54) is 24.4 Å². The van der Waals surface area contributed by atoms with Crippen LogP contribution in [0.25, 0.3) is 5.57 Å². The number of carboxylic acids is 1. The van der Waals surface area contributed by atoms with Crippen LogP contribution in [0, 0.1) is 5.82 Å². The molecule has 122 valence electrons. The van der Waals surface area contributed by atoms with E-state index in [1.807, 2.05) is 12.1 Å². The molecule has 0 saturated heterocycles. The lowest BCUT2D eigenvalue weighted by molar-refractivity contribution is -0.137. The molecule has 3 rings (SSSR count). The minimum atomic E-state index is -0.833. The number of amides is 1. The Labute approximate surface area is 137 Å². The van der Waals surface area contributed by atoms with Gasteiger partial charge in [0.2, 0.25) is 0 Å². The molecule has 0 aromatic heterocycles. The van der Waals surface area contributed by atoms with Crippen molar-refractivity contribution in [3.63, 3.8) is 0 Å². The highest BCUT2D eigenvalue weighted by molar-refractivity contribution is 6.31. The SMILES string of the molecule is O=C(O)CCc1ccc(NC=C2C(=O)Nc3ccc(F)cc32)cc1. The molecule has 2 aromatic carbocycles. The van der Waals surface area contributed by atoms with Gasteiger partial charge in [-0.2, -0.15) is 0 Å². The first-order valence-corrected chi connectivity index (χ1v) is 7.41. The summed E-state index contributed by atoms with van der Waals surface area (Å²) in [5, 5.41) is 14.4. The zero-order valence-electron chi connectivity index (χ0n) is 12.7. The first-order chi connectivity index (χ1) is 11.5. The number of rotatable bonds is 5. The van der Waals surface area contributed by atoms with E-state index in [4.69, 9.17) is 5.11 Å². The van der Waals surface area contributed by atoms with Crippen molar-refractivity contribution in [2.45, 2.75) is 12.8 Å². The van der Waals surface area contributed by atoms with Crippen molar-refractivity contribution in [2.75, 3.05) is 10.6 Å². The predicted octanol–water partition coefficient (Wildman–Crippen LogP) is 3.25. The summed E-state index contributed by atoms with van der Waals surface area (Å²) in [4.78, 5) is 22.5. The van der Waals surface area contributed by atoms with Crippen molar-refractivity contribution in [2.24, 2.45) is 0 Å². The third-order valence-electron chi connectivity index (χ3n) is 3.73. The Kier molecular flexibility index (Phi) is 4.29. The highest BCUT2D eigenvalue weighted by Crippen LogP contribution is 2.32. The Morgan fingerprint density at radius 3 is 2.67 bits per heavy atom. The molecule has 24 heavy (non-hydrogen) atoms. The molecule has 0 bridgehead atoms. The molecule has 0 unspecified atom stereocenters. The fourth-order valence-electron chi connectivity index (χ4n) is 2.48. The molecular weight excluding hydrogens is 311 g/mol. The molecule has 0 radical (unpaired) electrons. The molecule has 1 aliphatic heterocycles. The van der Waals surface area contributed by atoms with E-state index in [-0.39, 0.29) is 12.3 Å². The van der Waals surface area contributed by atoms with Gasteiger partial charge in [-0.25, -0.2) is 4.39 Å². The van der Waals surface area contributed by atoms with Crippen LogP contribution in [0.1, 0.15) is 17.5 Å². The second kappa shape index (κ2) is 6.54. The summed E-state index contributed by atoms with van der Waals surface area (Å²) in [6.45, 7) is 0. The maximum Gasteiger partial charge on any atom is 0.303 e. The summed E-state index contributed by atoms with van der Waals surface area (Å²) in [5.74, 6) is -1.53. The summed E-state index contributed by atoms with van der Waals surface area (Å²) < 4.78 is 13.4. The second-order valence-electron chi connectivity index (χ2n) is 5.44. The van der Waals surface area contributed by atoms with Crippen LogP contribution in [0.5, 0.6) is 0 Å². The van der Waals surface area contributed by atoms with E-state index < -0.39 is 11.8 Å². The number of aryl methyl sites for hydroxylation is 1. The van der Waals surface area contributed by atoms with Gasteiger partial charge in [-0.05, 0) is 42.3 Å². The van der Waals surface area contributed by atoms with Crippen LogP contribution in [0.4, 0.5) is 15.8 Å². The average molecular weight is 326 g/mol. The number of halogens is 1. The van der Waals surface area contributed by atoms with Gasteiger partial charge in [-0.3, -0.25) is 9.59 Å². The highest BCUT2D eigenvalue weighted by Gasteiger charge is 2.24. The normalized spacial score (nSPS) is 14.4. The van der Waals surface area contributed by atoms with Crippen LogP contribution in [0.15, 0.2) is 48.7 Å². The van der Waals surface area contributed by atoms with Crippen molar-refractivity contribution in [1.82, 2.24) is 0 Å². The number of fused-ring (bicyclic) bond motifs is 1. The van der Waals surface area contributed by atoms with E-state index in [9.17, 15) is 14.0 Å². The van der Waals surface area contributed by atoms with Crippen LogP contribution >= 0.6 is 0 Å². The number of benzene rings is 2. The zero-order valence-corrected chi connectivity index (χ0v) is 12.7. The molecule has 0 aliphatic carbocycles. The van der Waals surface area contributed by atoms with Crippen molar-refractivity contribution in [1.29, 1.82) is 0 Å². The van der Waals surface area contributed by atoms with Crippen LogP contribution < -0.4 is 10.6 Å². The fourth-order valence-corrected chi connectivity index (χ4v) is 2.48. The van der Waals surface area contributed by atoms with Gasteiger partial charge in [0, 0.05) is 29.6 Å². The van der Waals surface area contributed by atoms with Gasteiger partial charge >= 0.3 is 5.97 Å². The molecule has 0 atom stereocenters. The Hall–Kier alpha value is -3.15. The number of nitrogens with one attached hydrogen (secondary N) is 2. The van der Waals surface area contributed by atoms with E-state index >= 15 is 0 Å². The Morgan fingerprint density at radius 2 is 1.96 bits per heavy atom. The van der Waals surface area contributed by atoms with Gasteiger partial charge < -0.3 is 15.7 Å². The number of carbonyl (C=O) groups excluding carboxylic acids is 1. The number of carbonyl (C=O) groups is 2. The summed E-state index contributed by atoms with van der Waals surface area (Å²) in [5.41, 5.74) is 3.13. The fraction of sp³-hybridized carbons (Fsp3) is 0.111. The van der Waals surface area contributed by atoms with Gasteiger partial charge in [0.05, 0.1) is 5.57 Å². The summed E-state index contributed by atoms with van der Waals surface area (Å²) in [6, 6.07) is 11.4. The molecule has 1 amide bonds. The molecular formula is C18H15FN2O3. The van der Waals surface area contributed by atoms with E-state index in [1.54, 1.807) is 12.1 Å². The molecule has 2 aromatic rings. The molecule has 1 aliphatic rings. The van der Waals surface area contributed by atoms with Crippen LogP contribution in [0.3, 0.4) is 0 Å². The minimum absolute atomic E-state index is 0.0827.